The molecule has 1 amide bonds. The number of H-pyrrole nitrogens is 1. The van der Waals surface area contributed by atoms with E-state index in [9.17, 15) is 4.79 Å². The summed E-state index contributed by atoms with van der Waals surface area (Å²) in [7, 11) is 1.47. The molecule has 3 heterocycles. The maximum absolute atomic E-state index is 9.82. The van der Waals surface area contributed by atoms with E-state index in [4.69, 9.17) is 9.84 Å². The number of fused-ring (bicyclic) bond motifs is 1. The van der Waals surface area contributed by atoms with Gasteiger partial charge in [-0.15, -0.1) is 0 Å². The molecule has 1 fully saturated rings. The Morgan fingerprint density at radius 1 is 1.09 bits per heavy atom. The second kappa shape index (κ2) is 11.4. The number of amides is 1. The Bertz CT molecular complexity index is 1200. The fourth-order valence-electron chi connectivity index (χ4n) is 3.85. The first-order valence-electron chi connectivity index (χ1n) is 11.3. The van der Waals surface area contributed by atoms with Crippen LogP contribution < -0.4 is 10.1 Å². The standard InChI is InChI=1S/C23H22N4O.C3H7NO2/c1-2-12-27(11-1)16-17-3-4-19-14-21(7-5-18(19)13-17)28-23-8-6-20(15-24-23)22-9-10-25-26-22;1-4-3(6)2-5/h3-10,13-15H,1-2,11-12,16H2,(H,25,26);5H,2H2,1H3,(H,4,6). The van der Waals surface area contributed by atoms with E-state index in [1.807, 2.05) is 24.3 Å². The zero-order valence-corrected chi connectivity index (χ0v) is 19.2. The first kappa shape index (κ1) is 23.4. The Balaban J connectivity index is 0.000000408. The number of aromatic nitrogens is 3. The molecule has 0 unspecified atom stereocenters. The number of aliphatic hydroxyl groups is 1. The number of benzene rings is 2. The third-order valence-corrected chi connectivity index (χ3v) is 5.67. The molecular weight excluding hydrogens is 430 g/mol. The number of carbonyl (C=O) groups excluding carboxylic acids is 1. The molecule has 0 spiro atoms. The number of likely N-dealkylation sites (tertiary alicyclic amines) is 1. The lowest BCUT2D eigenvalue weighted by Gasteiger charge is -2.15. The van der Waals surface area contributed by atoms with Gasteiger partial charge < -0.3 is 15.2 Å². The first-order valence-corrected chi connectivity index (χ1v) is 11.3. The van der Waals surface area contributed by atoms with Crippen molar-refractivity contribution >= 4 is 16.7 Å². The Hall–Kier alpha value is -3.75. The molecule has 2 aromatic carbocycles. The number of pyridine rings is 1. The van der Waals surface area contributed by atoms with Gasteiger partial charge in [0, 0.05) is 37.6 Å². The molecule has 0 bridgehead atoms. The van der Waals surface area contributed by atoms with E-state index in [0.29, 0.717) is 5.88 Å². The minimum Gasteiger partial charge on any atom is -0.439 e. The molecule has 0 aliphatic carbocycles. The quantitative estimate of drug-likeness (QED) is 0.406. The van der Waals surface area contributed by atoms with E-state index >= 15 is 0 Å². The highest BCUT2D eigenvalue weighted by Crippen LogP contribution is 2.27. The SMILES string of the molecule is CNC(=O)CO.c1cc(-c2ccc(Oc3ccc4cc(CN5CCCC5)ccc4c3)nc2)[nH]n1. The monoisotopic (exact) mass is 459 g/mol. The van der Waals surface area contributed by atoms with Crippen LogP contribution in [0.5, 0.6) is 11.6 Å². The number of nitrogens with one attached hydrogen (secondary N) is 2. The smallest absolute Gasteiger partial charge is 0.245 e. The lowest BCUT2D eigenvalue weighted by Crippen LogP contribution is -2.20. The Labute approximate surface area is 198 Å². The van der Waals surface area contributed by atoms with E-state index in [-0.39, 0.29) is 5.91 Å². The normalized spacial score (nSPS) is 13.4. The predicted molar refractivity (Wildman–Crippen MR) is 132 cm³/mol. The van der Waals surface area contributed by atoms with Gasteiger partial charge in [-0.25, -0.2) is 4.98 Å². The minimum atomic E-state index is -0.420. The van der Waals surface area contributed by atoms with Crippen LogP contribution in [0.2, 0.25) is 0 Å². The molecule has 1 aliphatic rings. The summed E-state index contributed by atoms with van der Waals surface area (Å²) >= 11 is 0. The number of ether oxygens (including phenoxy) is 1. The van der Waals surface area contributed by atoms with E-state index in [2.05, 4.69) is 55.7 Å². The Kier molecular flexibility index (Phi) is 7.85. The molecule has 34 heavy (non-hydrogen) atoms. The highest BCUT2D eigenvalue weighted by Gasteiger charge is 2.12. The number of likely N-dealkylation sites (N-methyl/N-ethyl adjacent to an activating group) is 1. The van der Waals surface area contributed by atoms with Gasteiger partial charge in [-0.1, -0.05) is 18.2 Å². The van der Waals surface area contributed by atoms with Gasteiger partial charge in [0.15, 0.2) is 0 Å². The van der Waals surface area contributed by atoms with E-state index in [1.54, 1.807) is 12.4 Å². The van der Waals surface area contributed by atoms with Crippen LogP contribution >= 0.6 is 0 Å². The van der Waals surface area contributed by atoms with Gasteiger partial charge >= 0.3 is 0 Å². The molecule has 1 saturated heterocycles. The average Bonchev–Trinajstić information content (AvgIpc) is 3.59. The van der Waals surface area contributed by atoms with Crippen LogP contribution in [-0.4, -0.2) is 57.8 Å². The lowest BCUT2D eigenvalue weighted by atomic mass is 10.1. The maximum Gasteiger partial charge on any atom is 0.245 e. The lowest BCUT2D eigenvalue weighted by molar-refractivity contribution is -0.123. The zero-order chi connectivity index (χ0) is 23.8. The average molecular weight is 460 g/mol. The summed E-state index contributed by atoms with van der Waals surface area (Å²) in [5.74, 6) is 1.02. The summed E-state index contributed by atoms with van der Waals surface area (Å²) in [5.41, 5.74) is 3.29. The van der Waals surface area contributed by atoms with Crippen molar-refractivity contribution in [2.75, 3.05) is 26.7 Å². The van der Waals surface area contributed by atoms with Crippen molar-refractivity contribution in [3.8, 4) is 22.9 Å². The zero-order valence-electron chi connectivity index (χ0n) is 19.2. The van der Waals surface area contributed by atoms with Crippen molar-refractivity contribution < 1.29 is 14.6 Å². The highest BCUT2D eigenvalue weighted by atomic mass is 16.5. The number of carbonyl (C=O) groups is 1. The molecule has 0 radical (unpaired) electrons. The number of aliphatic hydroxyl groups excluding tert-OH is 1. The summed E-state index contributed by atoms with van der Waals surface area (Å²) in [4.78, 5) is 16.8. The molecule has 1 aliphatic heterocycles. The fourth-order valence-corrected chi connectivity index (χ4v) is 3.85. The van der Waals surface area contributed by atoms with Gasteiger partial charge in [-0.05, 0) is 72.6 Å². The highest BCUT2D eigenvalue weighted by molar-refractivity contribution is 5.84. The largest absolute Gasteiger partial charge is 0.439 e. The van der Waals surface area contributed by atoms with Crippen LogP contribution in [0.1, 0.15) is 18.4 Å². The van der Waals surface area contributed by atoms with E-state index in [1.165, 1.54) is 49.3 Å². The van der Waals surface area contributed by atoms with Crippen molar-refractivity contribution in [2.24, 2.45) is 0 Å². The van der Waals surface area contributed by atoms with Crippen molar-refractivity contribution in [1.29, 1.82) is 0 Å². The molecule has 4 aromatic rings. The van der Waals surface area contributed by atoms with Gasteiger partial charge in [0.2, 0.25) is 11.8 Å². The number of hydrogen-bond acceptors (Lipinski definition) is 6. The van der Waals surface area contributed by atoms with E-state index < -0.39 is 6.61 Å². The van der Waals surface area contributed by atoms with Gasteiger partial charge in [-0.2, -0.15) is 5.10 Å². The number of nitrogens with zero attached hydrogens (tertiary/aromatic N) is 3. The predicted octanol–water partition coefficient (Wildman–Crippen LogP) is 3.74. The van der Waals surface area contributed by atoms with Crippen LogP contribution in [0.3, 0.4) is 0 Å². The first-order chi connectivity index (χ1) is 16.6. The van der Waals surface area contributed by atoms with E-state index in [0.717, 1.165) is 23.6 Å². The van der Waals surface area contributed by atoms with Gasteiger partial charge in [-0.3, -0.25) is 14.8 Å². The maximum atomic E-state index is 9.82. The molecular formula is C26H29N5O3. The second-order valence-electron chi connectivity index (χ2n) is 8.12. The molecule has 3 N–H and O–H groups in total. The number of rotatable bonds is 6. The van der Waals surface area contributed by atoms with Gasteiger partial charge in [0.25, 0.3) is 0 Å². The van der Waals surface area contributed by atoms with Crippen LogP contribution in [-0.2, 0) is 11.3 Å². The summed E-state index contributed by atoms with van der Waals surface area (Å²) < 4.78 is 5.95. The third kappa shape index (κ3) is 6.18. The third-order valence-electron chi connectivity index (χ3n) is 5.67. The van der Waals surface area contributed by atoms with Gasteiger partial charge in [0.1, 0.15) is 12.4 Å². The molecule has 2 aromatic heterocycles. The van der Waals surface area contributed by atoms with Gasteiger partial charge in [0.05, 0.1) is 5.69 Å². The van der Waals surface area contributed by atoms with Crippen LogP contribution in [0, 0.1) is 0 Å². The summed E-state index contributed by atoms with van der Waals surface area (Å²) in [5, 5.41) is 19.5. The Morgan fingerprint density at radius 2 is 1.88 bits per heavy atom. The van der Waals surface area contributed by atoms with Crippen LogP contribution in [0.25, 0.3) is 22.0 Å². The fraction of sp³-hybridized carbons (Fsp3) is 0.269. The topological polar surface area (TPSA) is 103 Å². The second-order valence-corrected chi connectivity index (χ2v) is 8.12. The molecule has 176 valence electrons. The summed E-state index contributed by atoms with van der Waals surface area (Å²) in [6.07, 6.45) is 6.16. The van der Waals surface area contributed by atoms with Crippen molar-refractivity contribution in [2.45, 2.75) is 19.4 Å². The molecule has 0 atom stereocenters. The minimum absolute atomic E-state index is 0.352. The van der Waals surface area contributed by atoms with Crippen molar-refractivity contribution in [3.63, 3.8) is 0 Å². The number of aromatic amines is 1. The summed E-state index contributed by atoms with van der Waals surface area (Å²) in [6.45, 7) is 3.06. The number of hydrogen-bond donors (Lipinski definition) is 3. The molecule has 8 nitrogen and oxygen atoms in total. The van der Waals surface area contributed by atoms with Crippen molar-refractivity contribution in [1.82, 2.24) is 25.4 Å². The van der Waals surface area contributed by atoms with Crippen LogP contribution in [0.15, 0.2) is 67.0 Å². The van der Waals surface area contributed by atoms with Crippen molar-refractivity contribution in [3.05, 3.63) is 72.6 Å². The summed E-state index contributed by atoms with van der Waals surface area (Å²) in [6, 6.07) is 18.7. The molecule has 8 heteroatoms. The molecule has 5 rings (SSSR count). The molecule has 0 saturated carbocycles. The van der Waals surface area contributed by atoms with Crippen LogP contribution in [0.4, 0.5) is 0 Å². The Morgan fingerprint density at radius 3 is 2.53 bits per heavy atom.